The highest BCUT2D eigenvalue weighted by molar-refractivity contribution is 6.30. The van der Waals surface area contributed by atoms with Crippen LogP contribution in [-0.2, 0) is 7.05 Å². The molecule has 17 heavy (non-hydrogen) atoms. The maximum atomic E-state index is 5.97. The molecule has 0 saturated carbocycles. The van der Waals surface area contributed by atoms with Crippen molar-refractivity contribution in [1.29, 1.82) is 0 Å². The number of nitrogens with two attached hydrogens (primary N) is 1. The molecular weight excluding hydrogens is 240 g/mol. The highest BCUT2D eigenvalue weighted by Crippen LogP contribution is 2.17. The fourth-order valence-electron chi connectivity index (χ4n) is 1.44. The van der Waals surface area contributed by atoms with Crippen LogP contribution in [0.25, 0.3) is 0 Å². The monoisotopic (exact) mass is 252 g/mol. The summed E-state index contributed by atoms with van der Waals surface area (Å²) in [7, 11) is 1.80. The van der Waals surface area contributed by atoms with E-state index in [1.54, 1.807) is 42.2 Å². The van der Waals surface area contributed by atoms with Crippen LogP contribution in [0.1, 0.15) is 11.7 Å². The highest BCUT2D eigenvalue weighted by atomic mass is 35.5. The van der Waals surface area contributed by atoms with E-state index in [2.05, 4.69) is 10.3 Å². The van der Waals surface area contributed by atoms with Gasteiger partial charge in [-0.1, -0.05) is 16.8 Å². The molecule has 0 aliphatic rings. The molecule has 1 aromatic carbocycles. The van der Waals surface area contributed by atoms with Crippen molar-refractivity contribution in [1.82, 2.24) is 15.0 Å². The average molecular weight is 253 g/mol. The minimum atomic E-state index is -0.259. The molecule has 1 unspecified atom stereocenters. The number of aromatic nitrogens is 3. The van der Waals surface area contributed by atoms with Gasteiger partial charge in [-0.05, 0) is 24.3 Å². The van der Waals surface area contributed by atoms with Crippen molar-refractivity contribution in [3.8, 4) is 5.75 Å². The fraction of sp³-hybridized carbons (Fsp3) is 0.273. The Kier molecular flexibility index (Phi) is 3.61. The van der Waals surface area contributed by atoms with Gasteiger partial charge in [0, 0.05) is 12.1 Å². The standard InChI is InChI=1S/C11H13ClN4O/c1-16-11(6-14-15-16)10(13)7-17-9-4-2-8(12)3-5-9/h2-6,10H,7,13H2,1H3. The lowest BCUT2D eigenvalue weighted by Gasteiger charge is -2.12. The topological polar surface area (TPSA) is 66.0 Å². The summed E-state index contributed by atoms with van der Waals surface area (Å²) in [6.07, 6.45) is 1.63. The van der Waals surface area contributed by atoms with Crippen LogP contribution in [0.3, 0.4) is 0 Å². The van der Waals surface area contributed by atoms with Crippen LogP contribution in [0.2, 0.25) is 5.02 Å². The van der Waals surface area contributed by atoms with E-state index in [0.29, 0.717) is 11.6 Å². The Hall–Kier alpha value is -1.59. The molecule has 0 saturated heterocycles. The van der Waals surface area contributed by atoms with Crippen LogP contribution >= 0.6 is 11.6 Å². The van der Waals surface area contributed by atoms with Crippen LogP contribution in [0, 0.1) is 0 Å². The number of rotatable bonds is 4. The van der Waals surface area contributed by atoms with Crippen molar-refractivity contribution in [2.45, 2.75) is 6.04 Å². The third-order valence-electron chi connectivity index (χ3n) is 2.37. The zero-order valence-electron chi connectivity index (χ0n) is 9.38. The average Bonchev–Trinajstić information content (AvgIpc) is 2.74. The van der Waals surface area contributed by atoms with Crippen molar-refractivity contribution in [2.24, 2.45) is 12.8 Å². The number of nitrogens with zero attached hydrogens (tertiary/aromatic N) is 3. The largest absolute Gasteiger partial charge is 0.492 e. The molecule has 2 N–H and O–H groups in total. The van der Waals surface area contributed by atoms with E-state index >= 15 is 0 Å². The number of aryl methyl sites for hydroxylation is 1. The summed E-state index contributed by atoms with van der Waals surface area (Å²) < 4.78 is 7.18. The van der Waals surface area contributed by atoms with E-state index in [9.17, 15) is 0 Å². The van der Waals surface area contributed by atoms with Gasteiger partial charge in [0.05, 0.1) is 17.9 Å². The van der Waals surface area contributed by atoms with Gasteiger partial charge in [0.1, 0.15) is 12.4 Å². The molecule has 0 fully saturated rings. The van der Waals surface area contributed by atoms with Gasteiger partial charge < -0.3 is 10.5 Å². The van der Waals surface area contributed by atoms with E-state index in [0.717, 1.165) is 11.4 Å². The molecule has 0 spiro atoms. The predicted molar refractivity (Wildman–Crippen MR) is 64.9 cm³/mol. The zero-order chi connectivity index (χ0) is 12.3. The number of ether oxygens (including phenoxy) is 1. The third-order valence-corrected chi connectivity index (χ3v) is 2.62. The highest BCUT2D eigenvalue weighted by Gasteiger charge is 2.11. The normalized spacial score (nSPS) is 12.4. The Morgan fingerprint density at radius 3 is 2.71 bits per heavy atom. The minimum absolute atomic E-state index is 0.259. The first-order valence-electron chi connectivity index (χ1n) is 5.15. The molecule has 0 aliphatic heterocycles. The van der Waals surface area contributed by atoms with Gasteiger partial charge in [-0.2, -0.15) is 0 Å². The SMILES string of the molecule is Cn1nncc1C(N)COc1ccc(Cl)cc1. The van der Waals surface area contributed by atoms with E-state index in [1.807, 2.05) is 0 Å². The fourth-order valence-corrected chi connectivity index (χ4v) is 1.56. The molecule has 0 aliphatic carbocycles. The zero-order valence-corrected chi connectivity index (χ0v) is 10.1. The number of hydrogen-bond acceptors (Lipinski definition) is 4. The van der Waals surface area contributed by atoms with Gasteiger partial charge >= 0.3 is 0 Å². The third kappa shape index (κ3) is 2.95. The lowest BCUT2D eigenvalue weighted by molar-refractivity contribution is 0.285. The van der Waals surface area contributed by atoms with E-state index in [1.165, 1.54) is 0 Å². The molecule has 1 atom stereocenters. The molecule has 2 aromatic rings. The van der Waals surface area contributed by atoms with Crippen LogP contribution in [0.4, 0.5) is 0 Å². The smallest absolute Gasteiger partial charge is 0.119 e. The van der Waals surface area contributed by atoms with E-state index < -0.39 is 0 Å². The summed E-state index contributed by atoms with van der Waals surface area (Å²) in [5.41, 5.74) is 6.80. The quantitative estimate of drug-likeness (QED) is 0.897. The van der Waals surface area contributed by atoms with Crippen LogP contribution in [0.15, 0.2) is 30.5 Å². The van der Waals surface area contributed by atoms with Crippen LogP contribution in [0.5, 0.6) is 5.75 Å². The Morgan fingerprint density at radius 2 is 2.12 bits per heavy atom. The summed E-state index contributed by atoms with van der Waals surface area (Å²) in [6.45, 7) is 0.364. The molecule has 2 rings (SSSR count). The van der Waals surface area contributed by atoms with Crippen molar-refractivity contribution in [2.75, 3.05) is 6.61 Å². The van der Waals surface area contributed by atoms with Gasteiger partial charge in [0.25, 0.3) is 0 Å². The second kappa shape index (κ2) is 5.16. The molecule has 1 heterocycles. The lowest BCUT2D eigenvalue weighted by Crippen LogP contribution is -2.21. The predicted octanol–water partition coefficient (Wildman–Crippen LogP) is 1.55. The van der Waals surface area contributed by atoms with Gasteiger partial charge in [-0.25, -0.2) is 0 Å². The summed E-state index contributed by atoms with van der Waals surface area (Å²) in [6, 6.07) is 6.89. The van der Waals surface area contributed by atoms with Gasteiger partial charge in [0.2, 0.25) is 0 Å². The maximum absolute atomic E-state index is 5.97. The van der Waals surface area contributed by atoms with Crippen molar-refractivity contribution < 1.29 is 4.74 Å². The molecule has 0 bridgehead atoms. The first-order chi connectivity index (χ1) is 8.16. The van der Waals surface area contributed by atoms with E-state index in [-0.39, 0.29) is 6.04 Å². The van der Waals surface area contributed by atoms with Gasteiger partial charge in [-0.3, -0.25) is 4.68 Å². The molecule has 90 valence electrons. The summed E-state index contributed by atoms with van der Waals surface area (Å²) in [5, 5.41) is 8.27. The molecule has 6 heteroatoms. The molecule has 0 radical (unpaired) electrons. The first-order valence-corrected chi connectivity index (χ1v) is 5.53. The minimum Gasteiger partial charge on any atom is -0.492 e. The lowest BCUT2D eigenvalue weighted by atomic mass is 10.2. The number of halogens is 1. The molecular formula is C11H13ClN4O. The maximum Gasteiger partial charge on any atom is 0.119 e. The Morgan fingerprint density at radius 1 is 1.41 bits per heavy atom. The second-order valence-corrected chi connectivity index (χ2v) is 4.09. The summed E-state index contributed by atoms with van der Waals surface area (Å²) in [4.78, 5) is 0. The summed E-state index contributed by atoms with van der Waals surface area (Å²) >= 11 is 5.78. The number of hydrogen-bond donors (Lipinski definition) is 1. The first kappa shape index (κ1) is 11.9. The molecule has 1 aromatic heterocycles. The van der Waals surface area contributed by atoms with Crippen LogP contribution < -0.4 is 10.5 Å². The van der Waals surface area contributed by atoms with Crippen molar-refractivity contribution in [3.05, 3.63) is 41.2 Å². The number of benzene rings is 1. The molecule has 5 nitrogen and oxygen atoms in total. The Balaban J connectivity index is 1.94. The van der Waals surface area contributed by atoms with Gasteiger partial charge in [-0.15, -0.1) is 5.10 Å². The summed E-state index contributed by atoms with van der Waals surface area (Å²) in [5.74, 6) is 0.736. The van der Waals surface area contributed by atoms with E-state index in [4.69, 9.17) is 22.1 Å². The van der Waals surface area contributed by atoms with Crippen molar-refractivity contribution >= 4 is 11.6 Å². The van der Waals surface area contributed by atoms with Crippen molar-refractivity contribution in [3.63, 3.8) is 0 Å². The van der Waals surface area contributed by atoms with Gasteiger partial charge in [0.15, 0.2) is 0 Å². The Bertz CT molecular complexity index is 482. The van der Waals surface area contributed by atoms with Crippen LogP contribution in [-0.4, -0.2) is 21.6 Å². The second-order valence-electron chi connectivity index (χ2n) is 3.65. The molecule has 0 amide bonds. The Labute approximate surface area is 104 Å².